The van der Waals surface area contributed by atoms with E-state index in [9.17, 15) is 9.59 Å². The number of hydrogen-bond donors (Lipinski definition) is 3. The van der Waals surface area contributed by atoms with Gasteiger partial charge in [0.05, 0.1) is 0 Å². The number of likely N-dealkylation sites (N-methyl/N-ethyl adjacent to an activating group) is 1. The lowest BCUT2D eigenvalue weighted by atomic mass is 9.77. The minimum Gasteiger partial charge on any atom is -0.487 e. The molecule has 6 rings (SSSR count). The minimum atomic E-state index is -0.981. The number of alkyl halides is 1. The number of aliphatic imine (C=N–C) groups is 2. The molecule has 2 amide bonds. The number of carbonyl (C=O) groups excluding carboxylic acids is 2. The first-order valence-electron chi connectivity index (χ1n) is 12.7. The summed E-state index contributed by atoms with van der Waals surface area (Å²) in [5, 5.41) is 2.59. The molecule has 2 aromatic carbocycles. The fourth-order valence-electron chi connectivity index (χ4n) is 5.72. The van der Waals surface area contributed by atoms with Gasteiger partial charge < -0.3 is 20.9 Å². The molecule has 41 heavy (non-hydrogen) atoms. The maximum Gasteiger partial charge on any atom is 0.261 e. The van der Waals surface area contributed by atoms with Crippen molar-refractivity contribution in [3.05, 3.63) is 56.5 Å². The van der Waals surface area contributed by atoms with Crippen molar-refractivity contribution in [2.45, 2.75) is 62.8 Å². The molecule has 0 bridgehead atoms. The molecule has 2 spiro atoms. The molecule has 0 aromatic heterocycles. The van der Waals surface area contributed by atoms with Crippen molar-refractivity contribution in [2.75, 3.05) is 12.0 Å². The smallest absolute Gasteiger partial charge is 0.261 e. The summed E-state index contributed by atoms with van der Waals surface area (Å²) >= 11 is 9.01. The Morgan fingerprint density at radius 3 is 1.73 bits per heavy atom. The summed E-state index contributed by atoms with van der Waals surface area (Å²) in [6.07, 6.45) is 0.920. The van der Waals surface area contributed by atoms with E-state index < -0.39 is 22.3 Å². The highest BCUT2D eigenvalue weighted by atomic mass is 127. The Kier molecular flexibility index (Phi) is 8.48. The average molecular weight is 804 g/mol. The molecule has 4 aliphatic rings. The molecule has 0 aliphatic carbocycles. The van der Waals surface area contributed by atoms with E-state index in [0.29, 0.717) is 24.3 Å². The largest absolute Gasteiger partial charge is 0.487 e. The van der Waals surface area contributed by atoms with Gasteiger partial charge >= 0.3 is 0 Å². The van der Waals surface area contributed by atoms with Crippen LogP contribution in [0.15, 0.2) is 55.3 Å². The Morgan fingerprint density at radius 2 is 1.32 bits per heavy atom. The van der Waals surface area contributed by atoms with Crippen molar-refractivity contribution in [2.24, 2.45) is 21.5 Å². The Morgan fingerprint density at radius 1 is 0.854 bits per heavy atom. The number of nitrogens with one attached hydrogen (secondary N) is 1. The van der Waals surface area contributed by atoms with Gasteiger partial charge in [-0.2, -0.15) is 0 Å². The van der Waals surface area contributed by atoms with Gasteiger partial charge in [-0.25, -0.2) is 9.98 Å². The van der Waals surface area contributed by atoms with E-state index in [2.05, 4.69) is 69.8 Å². The number of benzene rings is 2. The molecule has 0 radical (unpaired) electrons. The van der Waals surface area contributed by atoms with Gasteiger partial charge in [0.25, 0.3) is 11.8 Å². The standard InChI is InChI=1S/C14H16BrN3O2.C13H14BrN3O2.CH3I/c1-13(2)7-14(11(19)18(3)12(16)17-14)9-6-8(15)4-5-10(9)20-13;1-12(2)6-13(10(18)16-11(15)17-13)8-5-7(14)3-4-9(8)19-12;1-2/h4-6H,7H2,1-3H3,(H2,16,17);3-5H,6H2,1-2H3,(H3,15,16,17,18);1H3. The van der Waals surface area contributed by atoms with Crippen molar-refractivity contribution in [3.8, 4) is 11.5 Å². The van der Waals surface area contributed by atoms with Crippen LogP contribution < -0.4 is 26.3 Å². The molecular weight excluding hydrogens is 771 g/mol. The number of ether oxygens (including phenoxy) is 2. The van der Waals surface area contributed by atoms with Crippen LogP contribution in [-0.4, -0.2) is 51.8 Å². The number of nitrogens with zero attached hydrogens (tertiary/aromatic N) is 3. The van der Waals surface area contributed by atoms with Crippen LogP contribution in [0.4, 0.5) is 0 Å². The Balaban J connectivity index is 0.000000178. The van der Waals surface area contributed by atoms with Gasteiger partial charge in [0.2, 0.25) is 0 Å². The zero-order valence-electron chi connectivity index (χ0n) is 23.6. The van der Waals surface area contributed by atoms with Crippen molar-refractivity contribution in [1.29, 1.82) is 0 Å². The Hall–Kier alpha value is -2.39. The second-order valence-corrected chi connectivity index (χ2v) is 13.2. The van der Waals surface area contributed by atoms with E-state index in [0.717, 1.165) is 20.1 Å². The van der Waals surface area contributed by atoms with E-state index in [-0.39, 0.29) is 23.7 Å². The maximum atomic E-state index is 12.7. The number of hydrogen-bond acceptors (Lipinski definition) is 8. The summed E-state index contributed by atoms with van der Waals surface area (Å²) in [6.45, 7) is 7.79. The van der Waals surface area contributed by atoms with Crippen LogP contribution in [0.25, 0.3) is 0 Å². The molecule has 0 saturated carbocycles. The molecule has 10 nitrogen and oxygen atoms in total. The van der Waals surface area contributed by atoms with Crippen LogP contribution in [0.1, 0.15) is 51.7 Å². The van der Waals surface area contributed by atoms with Crippen LogP contribution in [-0.2, 0) is 20.7 Å². The predicted octanol–water partition coefficient (Wildman–Crippen LogP) is 4.69. The van der Waals surface area contributed by atoms with Crippen LogP contribution in [0.3, 0.4) is 0 Å². The third-order valence-corrected chi connectivity index (χ3v) is 8.13. The zero-order chi connectivity index (χ0) is 30.5. The monoisotopic (exact) mass is 802 g/mol. The highest BCUT2D eigenvalue weighted by molar-refractivity contribution is 14.1. The number of carbonyl (C=O) groups is 2. The van der Waals surface area contributed by atoms with Crippen LogP contribution in [0, 0.1) is 0 Å². The number of halogens is 3. The fourth-order valence-corrected chi connectivity index (χ4v) is 6.44. The summed E-state index contributed by atoms with van der Waals surface area (Å²) in [4.78, 5) is 37.3. The number of amides is 2. The van der Waals surface area contributed by atoms with Crippen molar-refractivity contribution in [3.63, 3.8) is 0 Å². The topological polar surface area (TPSA) is 145 Å². The molecular formula is C28H33Br2IN6O4. The quantitative estimate of drug-likeness (QED) is 0.261. The van der Waals surface area contributed by atoms with Crippen LogP contribution in [0.5, 0.6) is 11.5 Å². The molecule has 4 heterocycles. The normalized spacial score (nSPS) is 26.2. The highest BCUT2D eigenvalue weighted by Crippen LogP contribution is 2.50. The van der Waals surface area contributed by atoms with Gasteiger partial charge in [0.1, 0.15) is 22.7 Å². The maximum absolute atomic E-state index is 12.7. The first-order valence-corrected chi connectivity index (χ1v) is 16.5. The lowest BCUT2D eigenvalue weighted by Gasteiger charge is -2.41. The molecule has 4 aliphatic heterocycles. The lowest BCUT2D eigenvalue weighted by molar-refractivity contribution is -0.133. The second kappa shape index (κ2) is 11.0. The van der Waals surface area contributed by atoms with E-state index in [1.807, 2.05) is 69.0 Å². The van der Waals surface area contributed by atoms with Crippen LogP contribution in [0.2, 0.25) is 0 Å². The molecule has 5 N–H and O–H groups in total. The van der Waals surface area contributed by atoms with Crippen LogP contribution >= 0.6 is 54.5 Å². The number of fused-ring (bicyclic) bond motifs is 4. The van der Waals surface area contributed by atoms with Gasteiger partial charge in [-0.15, -0.1) is 0 Å². The molecule has 2 unspecified atom stereocenters. The number of guanidine groups is 2. The van der Waals surface area contributed by atoms with Crippen molar-refractivity contribution < 1.29 is 19.1 Å². The predicted molar refractivity (Wildman–Crippen MR) is 174 cm³/mol. The first kappa shape index (κ1) is 31.5. The Labute approximate surface area is 270 Å². The number of nitrogens with two attached hydrogens (primary N) is 2. The van der Waals surface area contributed by atoms with Crippen molar-refractivity contribution >= 4 is 78.2 Å². The molecule has 13 heteroatoms. The summed E-state index contributed by atoms with van der Waals surface area (Å²) < 4.78 is 13.7. The van der Waals surface area contributed by atoms with Gasteiger partial charge in [-0.1, -0.05) is 54.5 Å². The lowest BCUT2D eigenvalue weighted by Crippen LogP contribution is -2.49. The summed E-state index contributed by atoms with van der Waals surface area (Å²) in [7, 11) is 1.65. The van der Waals surface area contributed by atoms with E-state index in [1.54, 1.807) is 7.05 Å². The minimum absolute atomic E-state index is 0.106. The van der Waals surface area contributed by atoms with Gasteiger partial charge in [0, 0.05) is 40.0 Å². The highest BCUT2D eigenvalue weighted by Gasteiger charge is 2.56. The van der Waals surface area contributed by atoms with Crippen molar-refractivity contribution in [1.82, 2.24) is 10.2 Å². The second-order valence-electron chi connectivity index (χ2n) is 11.4. The molecule has 0 fully saturated rings. The van der Waals surface area contributed by atoms with Gasteiger partial charge in [-0.05, 0) is 69.0 Å². The van der Waals surface area contributed by atoms with Gasteiger partial charge in [0.15, 0.2) is 23.0 Å². The van der Waals surface area contributed by atoms with Gasteiger partial charge in [-0.3, -0.25) is 19.8 Å². The molecule has 220 valence electrons. The summed E-state index contributed by atoms with van der Waals surface area (Å²) in [6, 6.07) is 11.2. The number of rotatable bonds is 0. The molecule has 2 atom stereocenters. The first-order chi connectivity index (χ1) is 19.1. The third kappa shape index (κ3) is 5.68. The Bertz CT molecular complexity index is 1480. The molecule has 2 aromatic rings. The van der Waals surface area contributed by atoms with E-state index in [4.69, 9.17) is 20.9 Å². The molecule has 0 saturated heterocycles. The summed E-state index contributed by atoms with van der Waals surface area (Å²) in [5.41, 5.74) is 10.1. The zero-order valence-corrected chi connectivity index (χ0v) is 29.0. The average Bonchev–Trinajstić information content (AvgIpc) is 3.27. The SMILES string of the molecule is CC1(C)CC2(N=C(N)NC2=O)c2cc(Br)ccc2O1.CI.CN1C(=O)C2(CC(C)(C)Oc3ccc(Br)cc32)N=C1N. The summed E-state index contributed by atoms with van der Waals surface area (Å²) in [5.74, 6) is 1.47. The fraction of sp³-hybridized carbons (Fsp3) is 0.429. The van der Waals surface area contributed by atoms with E-state index >= 15 is 0 Å². The third-order valence-electron chi connectivity index (χ3n) is 7.15. The van der Waals surface area contributed by atoms with E-state index in [1.165, 1.54) is 4.90 Å².